The Hall–Kier alpha value is -2.93. The first-order valence-electron chi connectivity index (χ1n) is 9.75. The minimum Gasteiger partial charge on any atom is -0.452 e. The molecule has 1 aliphatic heterocycles. The largest absolute Gasteiger partial charge is 0.452 e. The summed E-state index contributed by atoms with van der Waals surface area (Å²) < 4.78 is 12.6. The number of aryl methyl sites for hydroxylation is 1. The van der Waals surface area contributed by atoms with Crippen LogP contribution in [0.3, 0.4) is 0 Å². The molecule has 0 unspecified atom stereocenters. The van der Waals surface area contributed by atoms with Gasteiger partial charge in [-0.25, -0.2) is 9.48 Å². The molecule has 7 heteroatoms. The number of amides is 1. The number of nitrogens with zero attached hydrogens (tertiary/aromatic N) is 3. The van der Waals surface area contributed by atoms with Gasteiger partial charge in [-0.15, -0.1) is 0 Å². The van der Waals surface area contributed by atoms with Crippen LogP contribution in [0.1, 0.15) is 30.8 Å². The first-order chi connectivity index (χ1) is 13.8. The Morgan fingerprint density at radius 3 is 2.48 bits per heavy atom. The number of morpholine rings is 1. The Labute approximate surface area is 170 Å². The molecular weight excluding hydrogens is 370 g/mol. The summed E-state index contributed by atoms with van der Waals surface area (Å²) in [6.45, 7) is 8.42. The normalized spacial score (nSPS) is 19.5. The van der Waals surface area contributed by atoms with E-state index in [1.54, 1.807) is 11.0 Å². The van der Waals surface area contributed by atoms with Gasteiger partial charge in [-0.1, -0.05) is 18.2 Å². The molecule has 1 saturated heterocycles. The number of carbonyl (C=O) groups excluding carboxylic acids is 2. The lowest BCUT2D eigenvalue weighted by Crippen LogP contribution is -2.49. The predicted octanol–water partition coefficient (Wildman–Crippen LogP) is 2.68. The van der Waals surface area contributed by atoms with Crippen molar-refractivity contribution in [2.45, 2.75) is 39.9 Å². The molecule has 29 heavy (non-hydrogen) atoms. The molecule has 1 amide bonds. The summed E-state index contributed by atoms with van der Waals surface area (Å²) in [6, 6.07) is 9.79. The van der Waals surface area contributed by atoms with Crippen molar-refractivity contribution in [3.8, 4) is 5.69 Å². The average molecular weight is 397 g/mol. The third-order valence-electron chi connectivity index (χ3n) is 4.84. The van der Waals surface area contributed by atoms with Crippen LogP contribution in [0.25, 0.3) is 11.8 Å². The van der Waals surface area contributed by atoms with Crippen molar-refractivity contribution in [1.82, 2.24) is 14.7 Å². The van der Waals surface area contributed by atoms with Crippen molar-refractivity contribution in [2.75, 3.05) is 19.7 Å². The maximum Gasteiger partial charge on any atom is 0.331 e. The van der Waals surface area contributed by atoms with Gasteiger partial charge >= 0.3 is 5.97 Å². The summed E-state index contributed by atoms with van der Waals surface area (Å²) >= 11 is 0. The van der Waals surface area contributed by atoms with Gasteiger partial charge in [-0.05, 0) is 45.9 Å². The highest BCUT2D eigenvalue weighted by atomic mass is 16.5. The van der Waals surface area contributed by atoms with Crippen molar-refractivity contribution in [2.24, 2.45) is 0 Å². The predicted molar refractivity (Wildman–Crippen MR) is 110 cm³/mol. The number of aromatic nitrogens is 2. The molecule has 0 radical (unpaired) electrons. The summed E-state index contributed by atoms with van der Waals surface area (Å²) in [5.41, 5.74) is 3.54. The first kappa shape index (κ1) is 20.8. The number of benzene rings is 1. The minimum atomic E-state index is -0.557. The number of carbonyl (C=O) groups is 2. The summed E-state index contributed by atoms with van der Waals surface area (Å²) in [5.74, 6) is -0.767. The lowest BCUT2D eigenvalue weighted by Gasteiger charge is -2.35. The van der Waals surface area contributed by atoms with Crippen LogP contribution in [0, 0.1) is 13.8 Å². The number of para-hydroxylation sites is 1. The molecule has 2 atom stereocenters. The summed E-state index contributed by atoms with van der Waals surface area (Å²) in [5, 5.41) is 4.55. The van der Waals surface area contributed by atoms with Crippen molar-refractivity contribution < 1.29 is 19.1 Å². The average Bonchev–Trinajstić information content (AvgIpc) is 2.98. The van der Waals surface area contributed by atoms with Crippen molar-refractivity contribution >= 4 is 18.0 Å². The fraction of sp³-hybridized carbons (Fsp3) is 0.409. The second kappa shape index (κ2) is 9.05. The fourth-order valence-corrected chi connectivity index (χ4v) is 3.52. The monoisotopic (exact) mass is 397 g/mol. The minimum absolute atomic E-state index is 0.0228. The van der Waals surface area contributed by atoms with Crippen LogP contribution in [0.5, 0.6) is 0 Å². The van der Waals surface area contributed by atoms with E-state index in [9.17, 15) is 9.59 Å². The van der Waals surface area contributed by atoms with E-state index >= 15 is 0 Å². The molecule has 154 valence electrons. The molecular formula is C22H27N3O4. The van der Waals surface area contributed by atoms with E-state index in [1.807, 2.05) is 62.7 Å². The number of rotatable bonds is 5. The van der Waals surface area contributed by atoms with Gasteiger partial charge in [0.1, 0.15) is 0 Å². The van der Waals surface area contributed by atoms with Crippen LogP contribution in [0.15, 0.2) is 36.4 Å². The Morgan fingerprint density at radius 1 is 1.17 bits per heavy atom. The number of hydrogen-bond donors (Lipinski definition) is 0. The smallest absolute Gasteiger partial charge is 0.331 e. The lowest BCUT2D eigenvalue weighted by molar-refractivity contribution is -0.154. The fourth-order valence-electron chi connectivity index (χ4n) is 3.52. The summed E-state index contributed by atoms with van der Waals surface area (Å²) in [7, 11) is 0. The van der Waals surface area contributed by atoms with E-state index in [1.165, 1.54) is 6.08 Å². The van der Waals surface area contributed by atoms with Gasteiger partial charge in [0.2, 0.25) is 0 Å². The quantitative estimate of drug-likeness (QED) is 0.573. The van der Waals surface area contributed by atoms with Crippen molar-refractivity contribution in [1.29, 1.82) is 0 Å². The van der Waals surface area contributed by atoms with E-state index in [0.717, 1.165) is 22.6 Å². The second-order valence-electron chi connectivity index (χ2n) is 7.33. The molecule has 2 aromatic rings. The van der Waals surface area contributed by atoms with Crippen LogP contribution in [0.4, 0.5) is 0 Å². The number of ether oxygens (including phenoxy) is 2. The van der Waals surface area contributed by atoms with Crippen molar-refractivity contribution in [3.63, 3.8) is 0 Å². The maximum atomic E-state index is 12.3. The lowest BCUT2D eigenvalue weighted by atomic mass is 10.2. The third-order valence-corrected chi connectivity index (χ3v) is 4.84. The highest BCUT2D eigenvalue weighted by Crippen LogP contribution is 2.19. The molecule has 7 nitrogen and oxygen atoms in total. The van der Waals surface area contributed by atoms with Gasteiger partial charge in [-0.3, -0.25) is 4.79 Å². The highest BCUT2D eigenvalue weighted by Gasteiger charge is 2.26. The van der Waals surface area contributed by atoms with E-state index in [-0.39, 0.29) is 24.7 Å². The molecule has 0 saturated carbocycles. The second-order valence-corrected chi connectivity index (χ2v) is 7.33. The summed E-state index contributed by atoms with van der Waals surface area (Å²) in [4.78, 5) is 26.1. The van der Waals surface area contributed by atoms with Crippen LogP contribution < -0.4 is 0 Å². The zero-order valence-corrected chi connectivity index (χ0v) is 17.3. The van der Waals surface area contributed by atoms with E-state index in [0.29, 0.717) is 13.1 Å². The molecule has 0 spiro atoms. The molecule has 1 aromatic carbocycles. The Balaban J connectivity index is 1.60. The molecule has 1 fully saturated rings. The molecule has 1 aliphatic rings. The standard InChI is InChI=1S/C22H27N3O4/c1-15-12-24(13-16(2)29-15)21(26)14-28-22(27)11-10-20-17(3)23-25(18(20)4)19-8-6-5-7-9-19/h5-11,15-16H,12-14H2,1-4H3/b11-10+/t15-,16+. The van der Waals surface area contributed by atoms with Crippen LogP contribution in [-0.4, -0.2) is 58.5 Å². The van der Waals surface area contributed by atoms with E-state index < -0.39 is 5.97 Å². The molecule has 0 aliphatic carbocycles. The Morgan fingerprint density at radius 2 is 1.83 bits per heavy atom. The zero-order valence-electron chi connectivity index (χ0n) is 17.3. The SMILES string of the molecule is Cc1nn(-c2ccccc2)c(C)c1/C=C/C(=O)OCC(=O)N1C[C@@H](C)O[C@@H](C)C1. The molecule has 3 rings (SSSR count). The van der Waals surface area contributed by atoms with Gasteiger partial charge in [0.15, 0.2) is 6.61 Å². The van der Waals surface area contributed by atoms with Gasteiger partial charge in [0.25, 0.3) is 5.91 Å². The Kier molecular flexibility index (Phi) is 6.49. The molecule has 0 N–H and O–H groups in total. The number of esters is 1. The maximum absolute atomic E-state index is 12.3. The molecule has 2 heterocycles. The zero-order chi connectivity index (χ0) is 21.0. The molecule has 0 bridgehead atoms. The topological polar surface area (TPSA) is 73.7 Å². The van der Waals surface area contributed by atoms with Crippen molar-refractivity contribution in [3.05, 3.63) is 53.4 Å². The van der Waals surface area contributed by atoms with Crippen LogP contribution in [0.2, 0.25) is 0 Å². The number of hydrogen-bond acceptors (Lipinski definition) is 5. The van der Waals surface area contributed by atoms with Crippen LogP contribution in [-0.2, 0) is 19.1 Å². The first-order valence-corrected chi connectivity index (χ1v) is 9.75. The van der Waals surface area contributed by atoms with Crippen LogP contribution >= 0.6 is 0 Å². The third kappa shape index (κ3) is 5.12. The summed E-state index contributed by atoms with van der Waals surface area (Å²) in [6.07, 6.45) is 2.98. The van der Waals surface area contributed by atoms with E-state index in [4.69, 9.17) is 9.47 Å². The van der Waals surface area contributed by atoms with Gasteiger partial charge in [-0.2, -0.15) is 5.10 Å². The Bertz CT molecular complexity index is 894. The van der Waals surface area contributed by atoms with Gasteiger partial charge in [0.05, 0.1) is 23.6 Å². The molecule has 1 aromatic heterocycles. The van der Waals surface area contributed by atoms with E-state index in [2.05, 4.69) is 5.10 Å². The highest BCUT2D eigenvalue weighted by molar-refractivity contribution is 5.89. The van der Waals surface area contributed by atoms with Gasteiger partial charge in [0, 0.05) is 30.4 Å². The van der Waals surface area contributed by atoms with Gasteiger partial charge < -0.3 is 14.4 Å².